The van der Waals surface area contributed by atoms with E-state index in [9.17, 15) is 14.3 Å². The lowest BCUT2D eigenvalue weighted by molar-refractivity contribution is 0.276. The molecule has 4 nitrogen and oxygen atoms in total. The van der Waals surface area contributed by atoms with Crippen molar-refractivity contribution >= 4 is 10.9 Å². The number of aliphatic hydroxyl groups is 1. The number of hydrogen-bond acceptors (Lipinski definition) is 3. The van der Waals surface area contributed by atoms with Gasteiger partial charge in [-0.3, -0.25) is 4.79 Å². The first-order valence-electron chi connectivity index (χ1n) is 9.40. The van der Waals surface area contributed by atoms with E-state index in [1.807, 2.05) is 6.07 Å². The van der Waals surface area contributed by atoms with Crippen LogP contribution in [0.1, 0.15) is 28.7 Å². The van der Waals surface area contributed by atoms with E-state index in [0.29, 0.717) is 25.2 Å². The van der Waals surface area contributed by atoms with Crippen molar-refractivity contribution in [1.82, 2.24) is 9.88 Å². The molecular weight excluding hydrogens is 343 g/mol. The monoisotopic (exact) mass is 366 g/mol. The third kappa shape index (κ3) is 3.66. The highest BCUT2D eigenvalue weighted by Gasteiger charge is 2.15. The van der Waals surface area contributed by atoms with E-state index in [1.54, 1.807) is 16.7 Å². The minimum absolute atomic E-state index is 0.0684. The van der Waals surface area contributed by atoms with Gasteiger partial charge in [-0.05, 0) is 71.7 Å². The highest BCUT2D eigenvalue weighted by Crippen LogP contribution is 2.27. The number of hydrogen-bond donors (Lipinski definition) is 2. The van der Waals surface area contributed by atoms with Gasteiger partial charge in [-0.2, -0.15) is 0 Å². The van der Waals surface area contributed by atoms with Crippen LogP contribution in [0.15, 0.2) is 47.3 Å². The molecule has 0 aliphatic heterocycles. The molecular formula is C22H23FN2O2. The Morgan fingerprint density at radius 3 is 2.52 bits per heavy atom. The normalized spacial score (nSPS) is 13.3. The number of aliphatic hydroxyl groups excluding tert-OH is 1. The molecule has 0 spiro atoms. The standard InChI is InChI=1S/C22H23FN2O2/c23-20-6-4-15(5-7-20)13-24-14-19-11-18-10-16-2-1-3-17(16)12-21(18)25(8-9-26)22(19)27/h4-7,10-12,24,26H,1-3,8-9,13-14H2. The molecule has 0 atom stereocenters. The van der Waals surface area contributed by atoms with Crippen LogP contribution in [-0.4, -0.2) is 16.3 Å². The molecule has 1 heterocycles. The second-order valence-corrected chi connectivity index (χ2v) is 7.11. The van der Waals surface area contributed by atoms with Gasteiger partial charge in [-0.25, -0.2) is 4.39 Å². The van der Waals surface area contributed by atoms with Crippen molar-refractivity contribution in [3.8, 4) is 0 Å². The number of aryl methyl sites for hydroxylation is 2. The van der Waals surface area contributed by atoms with Crippen LogP contribution in [0.3, 0.4) is 0 Å². The molecule has 2 aromatic carbocycles. The summed E-state index contributed by atoms with van der Waals surface area (Å²) in [7, 11) is 0. The van der Waals surface area contributed by atoms with Crippen molar-refractivity contribution in [2.24, 2.45) is 0 Å². The Balaban J connectivity index is 1.63. The summed E-state index contributed by atoms with van der Waals surface area (Å²) in [6.07, 6.45) is 3.30. The van der Waals surface area contributed by atoms with Crippen LogP contribution >= 0.6 is 0 Å². The zero-order valence-corrected chi connectivity index (χ0v) is 15.2. The number of rotatable bonds is 6. The summed E-state index contributed by atoms with van der Waals surface area (Å²) in [5.41, 5.74) is 5.15. The summed E-state index contributed by atoms with van der Waals surface area (Å²) in [5, 5.41) is 13.7. The molecule has 1 aromatic heterocycles. The van der Waals surface area contributed by atoms with E-state index in [2.05, 4.69) is 17.4 Å². The molecule has 0 fully saturated rings. The van der Waals surface area contributed by atoms with Crippen molar-refractivity contribution < 1.29 is 9.50 Å². The SMILES string of the molecule is O=c1c(CNCc2ccc(F)cc2)cc2cc3c(cc2n1CCO)CCC3. The first-order chi connectivity index (χ1) is 13.2. The maximum absolute atomic E-state index is 13.0. The second kappa shape index (κ2) is 7.62. The molecule has 0 amide bonds. The molecule has 4 rings (SSSR count). The first kappa shape index (κ1) is 17.9. The van der Waals surface area contributed by atoms with Gasteiger partial charge in [0.25, 0.3) is 5.56 Å². The Kier molecular flexibility index (Phi) is 5.05. The van der Waals surface area contributed by atoms with Gasteiger partial charge in [0, 0.05) is 25.2 Å². The summed E-state index contributed by atoms with van der Waals surface area (Å²) in [6, 6.07) is 12.6. The van der Waals surface area contributed by atoms with Crippen LogP contribution in [0, 0.1) is 5.82 Å². The fraction of sp³-hybridized carbons (Fsp3) is 0.318. The van der Waals surface area contributed by atoms with Crippen molar-refractivity contribution in [3.05, 3.63) is 80.9 Å². The molecule has 5 heteroatoms. The second-order valence-electron chi connectivity index (χ2n) is 7.11. The summed E-state index contributed by atoms with van der Waals surface area (Å²) < 4.78 is 14.7. The average Bonchev–Trinajstić information content (AvgIpc) is 3.12. The Hall–Kier alpha value is -2.50. The van der Waals surface area contributed by atoms with Crippen LogP contribution in [0.4, 0.5) is 4.39 Å². The van der Waals surface area contributed by atoms with Crippen molar-refractivity contribution in [1.29, 1.82) is 0 Å². The molecule has 140 valence electrons. The van der Waals surface area contributed by atoms with Crippen LogP contribution in [0.2, 0.25) is 0 Å². The van der Waals surface area contributed by atoms with Gasteiger partial charge in [-0.15, -0.1) is 0 Å². The number of halogens is 1. The third-order valence-electron chi connectivity index (χ3n) is 5.26. The van der Waals surface area contributed by atoms with Gasteiger partial charge in [0.1, 0.15) is 5.82 Å². The third-order valence-corrected chi connectivity index (χ3v) is 5.26. The molecule has 0 saturated heterocycles. The van der Waals surface area contributed by atoms with Crippen LogP contribution in [0.5, 0.6) is 0 Å². The zero-order chi connectivity index (χ0) is 18.8. The maximum atomic E-state index is 13.0. The molecule has 0 bridgehead atoms. The Morgan fingerprint density at radius 1 is 1.04 bits per heavy atom. The summed E-state index contributed by atoms with van der Waals surface area (Å²) >= 11 is 0. The van der Waals surface area contributed by atoms with E-state index < -0.39 is 0 Å². The van der Waals surface area contributed by atoms with Gasteiger partial charge < -0.3 is 15.0 Å². The molecule has 3 aromatic rings. The van der Waals surface area contributed by atoms with E-state index in [1.165, 1.54) is 23.3 Å². The summed E-state index contributed by atoms with van der Waals surface area (Å²) in [4.78, 5) is 12.9. The van der Waals surface area contributed by atoms with Gasteiger partial charge in [-0.1, -0.05) is 12.1 Å². The quantitative estimate of drug-likeness (QED) is 0.705. The predicted octanol–water partition coefficient (Wildman–Crippen LogP) is 2.91. The number of fused-ring (bicyclic) bond motifs is 2. The molecule has 2 N–H and O–H groups in total. The lowest BCUT2D eigenvalue weighted by Gasteiger charge is -2.14. The molecule has 0 saturated carbocycles. The average molecular weight is 366 g/mol. The van der Waals surface area contributed by atoms with Gasteiger partial charge >= 0.3 is 0 Å². The van der Waals surface area contributed by atoms with Gasteiger partial charge in [0.05, 0.1) is 12.1 Å². The minimum Gasteiger partial charge on any atom is -0.395 e. The minimum atomic E-state index is -0.257. The van der Waals surface area contributed by atoms with Crippen molar-refractivity contribution in [2.45, 2.75) is 38.9 Å². The zero-order valence-electron chi connectivity index (χ0n) is 15.2. The van der Waals surface area contributed by atoms with Crippen LogP contribution < -0.4 is 10.9 Å². The number of nitrogens with one attached hydrogen (secondary N) is 1. The lowest BCUT2D eigenvalue weighted by Crippen LogP contribution is -2.28. The smallest absolute Gasteiger partial charge is 0.255 e. The Bertz CT molecular complexity index is 1030. The molecule has 27 heavy (non-hydrogen) atoms. The molecule has 1 aliphatic carbocycles. The molecule has 0 radical (unpaired) electrons. The fourth-order valence-electron chi connectivity index (χ4n) is 3.90. The van der Waals surface area contributed by atoms with Crippen molar-refractivity contribution in [3.63, 3.8) is 0 Å². The first-order valence-corrected chi connectivity index (χ1v) is 9.40. The number of aromatic nitrogens is 1. The predicted molar refractivity (Wildman–Crippen MR) is 104 cm³/mol. The van der Waals surface area contributed by atoms with Crippen LogP contribution in [0.25, 0.3) is 10.9 Å². The van der Waals surface area contributed by atoms with Crippen LogP contribution in [-0.2, 0) is 32.5 Å². The van der Waals surface area contributed by atoms with E-state index in [4.69, 9.17) is 0 Å². The number of benzene rings is 2. The maximum Gasteiger partial charge on any atom is 0.255 e. The topological polar surface area (TPSA) is 54.3 Å². The summed E-state index contributed by atoms with van der Waals surface area (Å²) in [6.45, 7) is 1.20. The fourth-order valence-corrected chi connectivity index (χ4v) is 3.90. The molecule has 0 unspecified atom stereocenters. The number of nitrogens with zero attached hydrogens (tertiary/aromatic N) is 1. The number of pyridine rings is 1. The van der Waals surface area contributed by atoms with Gasteiger partial charge in [0.15, 0.2) is 0 Å². The van der Waals surface area contributed by atoms with E-state index in [0.717, 1.165) is 35.7 Å². The largest absolute Gasteiger partial charge is 0.395 e. The highest BCUT2D eigenvalue weighted by molar-refractivity contribution is 5.82. The Labute approximate surface area is 157 Å². The molecule has 1 aliphatic rings. The van der Waals surface area contributed by atoms with E-state index >= 15 is 0 Å². The summed E-state index contributed by atoms with van der Waals surface area (Å²) in [5.74, 6) is -0.257. The Morgan fingerprint density at radius 2 is 1.78 bits per heavy atom. The van der Waals surface area contributed by atoms with Crippen molar-refractivity contribution in [2.75, 3.05) is 6.61 Å². The lowest BCUT2D eigenvalue weighted by atomic mass is 10.0. The highest BCUT2D eigenvalue weighted by atomic mass is 19.1. The van der Waals surface area contributed by atoms with E-state index in [-0.39, 0.29) is 18.0 Å². The van der Waals surface area contributed by atoms with Gasteiger partial charge in [0.2, 0.25) is 0 Å².